The van der Waals surface area contributed by atoms with Crippen molar-refractivity contribution < 1.29 is 0 Å². The van der Waals surface area contributed by atoms with Gasteiger partial charge >= 0.3 is 0 Å². The second kappa shape index (κ2) is 23.3. The van der Waals surface area contributed by atoms with E-state index in [2.05, 4.69) is 54.9 Å². The lowest BCUT2D eigenvalue weighted by atomic mass is 10.0. The monoisotopic (exact) mass is 522 g/mol. The number of hydrogen-bond acceptors (Lipinski definition) is 1. The highest BCUT2D eigenvalue weighted by Gasteiger charge is 2.08. The summed E-state index contributed by atoms with van der Waals surface area (Å²) in [5.41, 5.74) is 2.75. The van der Waals surface area contributed by atoms with E-state index in [1.807, 2.05) is 0 Å². The maximum Gasteiger partial charge on any atom is 0.108 e. The second-order valence-corrected chi connectivity index (χ2v) is 11.8. The fourth-order valence-electron chi connectivity index (χ4n) is 5.69. The van der Waals surface area contributed by atoms with Crippen LogP contribution in [0.5, 0.6) is 0 Å². The summed E-state index contributed by atoms with van der Waals surface area (Å²) in [6.45, 7) is 5.75. The van der Waals surface area contributed by atoms with E-state index in [4.69, 9.17) is 4.98 Å². The predicted molar refractivity (Wildman–Crippen MR) is 168 cm³/mol. The van der Waals surface area contributed by atoms with Gasteiger partial charge in [-0.05, 0) is 37.7 Å². The van der Waals surface area contributed by atoms with Crippen LogP contribution in [0.15, 0.2) is 36.5 Å². The summed E-state index contributed by atoms with van der Waals surface area (Å²) in [5, 5.41) is 0. The molecular formula is C36H62N2. The van der Waals surface area contributed by atoms with Crippen LogP contribution in [0.4, 0.5) is 0 Å². The van der Waals surface area contributed by atoms with Crippen molar-refractivity contribution in [1.82, 2.24) is 9.55 Å². The minimum Gasteiger partial charge on any atom is -0.335 e. The van der Waals surface area contributed by atoms with Gasteiger partial charge in [-0.1, -0.05) is 160 Å². The number of hydrogen-bond donors (Lipinski definition) is 0. The minimum absolute atomic E-state index is 1.10. The molecule has 0 unspecified atom stereocenters. The zero-order chi connectivity index (χ0) is 26.9. The molecule has 2 heteroatoms. The van der Waals surface area contributed by atoms with Gasteiger partial charge < -0.3 is 4.57 Å². The number of unbranched alkanes of at least 4 members (excludes halogenated alkanes) is 18. The van der Waals surface area contributed by atoms with Crippen molar-refractivity contribution in [1.29, 1.82) is 0 Å². The molecule has 38 heavy (non-hydrogen) atoms. The van der Waals surface area contributed by atoms with Crippen LogP contribution in [0, 0.1) is 0 Å². The average Bonchev–Trinajstić information content (AvgIpc) is 3.33. The molecule has 2 rings (SSSR count). The van der Waals surface area contributed by atoms with Crippen molar-refractivity contribution in [3.05, 3.63) is 53.6 Å². The molecule has 0 amide bonds. The van der Waals surface area contributed by atoms with Crippen LogP contribution in [-0.2, 0) is 25.8 Å². The topological polar surface area (TPSA) is 17.8 Å². The Balaban J connectivity index is 1.55. The molecule has 1 aromatic heterocycles. The van der Waals surface area contributed by atoms with Crippen molar-refractivity contribution in [2.45, 2.75) is 174 Å². The summed E-state index contributed by atoms with van der Waals surface area (Å²) >= 11 is 0. The van der Waals surface area contributed by atoms with Crippen LogP contribution in [0.25, 0.3) is 0 Å². The molecule has 0 N–H and O–H groups in total. The van der Waals surface area contributed by atoms with Crippen LogP contribution in [-0.4, -0.2) is 9.55 Å². The van der Waals surface area contributed by atoms with Crippen molar-refractivity contribution in [2.24, 2.45) is 0 Å². The van der Waals surface area contributed by atoms with Gasteiger partial charge in [-0.15, -0.1) is 0 Å². The Morgan fingerprint density at radius 1 is 0.500 bits per heavy atom. The maximum absolute atomic E-state index is 5.11. The Labute approximate surface area is 237 Å². The summed E-state index contributed by atoms with van der Waals surface area (Å²) < 4.78 is 2.50. The van der Waals surface area contributed by atoms with Crippen LogP contribution < -0.4 is 0 Å². The Morgan fingerprint density at radius 2 is 1.00 bits per heavy atom. The van der Waals surface area contributed by atoms with Crippen molar-refractivity contribution in [2.75, 3.05) is 0 Å². The smallest absolute Gasteiger partial charge is 0.108 e. The van der Waals surface area contributed by atoms with Gasteiger partial charge in [-0.25, -0.2) is 4.98 Å². The van der Waals surface area contributed by atoms with Gasteiger partial charge in [-0.2, -0.15) is 0 Å². The highest BCUT2D eigenvalue weighted by Crippen LogP contribution is 2.16. The van der Waals surface area contributed by atoms with Gasteiger partial charge in [0.25, 0.3) is 0 Å². The summed E-state index contributed by atoms with van der Waals surface area (Å²) in [4.78, 5) is 5.11. The molecule has 0 spiro atoms. The maximum atomic E-state index is 5.11. The Kier molecular flexibility index (Phi) is 20.0. The van der Waals surface area contributed by atoms with Crippen LogP contribution in [0.3, 0.4) is 0 Å². The fourth-order valence-corrected chi connectivity index (χ4v) is 5.69. The molecule has 1 aromatic carbocycles. The van der Waals surface area contributed by atoms with E-state index in [1.165, 1.54) is 152 Å². The number of benzene rings is 1. The van der Waals surface area contributed by atoms with E-state index in [0.717, 1.165) is 25.8 Å². The Morgan fingerprint density at radius 3 is 1.55 bits per heavy atom. The SMILES string of the molecule is CCCCCCCCCCCCCCCCCCc1nc(CCCc2ccccc2)cn1CCCCCC. The Bertz CT molecular complexity index is 763. The van der Waals surface area contributed by atoms with E-state index >= 15 is 0 Å². The molecule has 216 valence electrons. The van der Waals surface area contributed by atoms with E-state index in [9.17, 15) is 0 Å². The van der Waals surface area contributed by atoms with Crippen LogP contribution in [0.2, 0.25) is 0 Å². The van der Waals surface area contributed by atoms with Gasteiger partial charge in [0.05, 0.1) is 5.69 Å². The van der Waals surface area contributed by atoms with Gasteiger partial charge in [0.15, 0.2) is 0 Å². The first-order valence-electron chi connectivity index (χ1n) is 16.9. The highest BCUT2D eigenvalue weighted by molar-refractivity contribution is 5.15. The third kappa shape index (κ3) is 16.4. The van der Waals surface area contributed by atoms with Gasteiger partial charge in [0, 0.05) is 19.2 Å². The average molecular weight is 523 g/mol. The minimum atomic E-state index is 1.10. The van der Waals surface area contributed by atoms with Crippen LogP contribution in [0.1, 0.15) is 166 Å². The number of nitrogens with zero attached hydrogens (tertiary/aromatic N) is 2. The number of aromatic nitrogens is 2. The molecule has 0 aliphatic rings. The molecule has 0 radical (unpaired) electrons. The summed E-state index contributed by atoms with van der Waals surface area (Å²) in [5.74, 6) is 1.35. The predicted octanol–water partition coefficient (Wildman–Crippen LogP) is 11.4. The molecule has 0 saturated heterocycles. The molecule has 1 heterocycles. The first-order valence-corrected chi connectivity index (χ1v) is 16.9. The van der Waals surface area contributed by atoms with Crippen molar-refractivity contribution in [3.63, 3.8) is 0 Å². The third-order valence-electron chi connectivity index (χ3n) is 8.16. The summed E-state index contributed by atoms with van der Waals surface area (Å²) in [6, 6.07) is 10.9. The molecule has 2 nitrogen and oxygen atoms in total. The lowest BCUT2D eigenvalue weighted by Gasteiger charge is -2.08. The molecular weight excluding hydrogens is 460 g/mol. The summed E-state index contributed by atoms with van der Waals surface area (Å²) in [6.07, 6.45) is 35.1. The van der Waals surface area contributed by atoms with Crippen molar-refractivity contribution >= 4 is 0 Å². The van der Waals surface area contributed by atoms with Gasteiger partial charge in [0.1, 0.15) is 5.82 Å². The molecule has 0 fully saturated rings. The molecule has 0 saturated carbocycles. The molecule has 2 aromatic rings. The lowest BCUT2D eigenvalue weighted by Crippen LogP contribution is -2.03. The normalized spacial score (nSPS) is 11.4. The van der Waals surface area contributed by atoms with Gasteiger partial charge in [-0.3, -0.25) is 0 Å². The number of imidazole rings is 1. The quantitative estimate of drug-likeness (QED) is 0.112. The van der Waals surface area contributed by atoms with E-state index in [1.54, 1.807) is 0 Å². The Hall–Kier alpha value is -1.57. The zero-order valence-electron chi connectivity index (χ0n) is 25.5. The van der Waals surface area contributed by atoms with E-state index in [-0.39, 0.29) is 0 Å². The molecule has 0 aliphatic heterocycles. The lowest BCUT2D eigenvalue weighted by molar-refractivity contribution is 0.524. The number of aryl methyl sites for hydroxylation is 4. The first-order chi connectivity index (χ1) is 18.8. The van der Waals surface area contributed by atoms with Crippen LogP contribution >= 0.6 is 0 Å². The second-order valence-electron chi connectivity index (χ2n) is 11.8. The van der Waals surface area contributed by atoms with Crippen molar-refractivity contribution in [3.8, 4) is 0 Å². The standard InChI is InChI=1S/C36H62N2/c1-3-5-7-9-10-11-12-13-14-15-16-17-18-19-20-24-31-36-37-35(33-38(36)32-25-8-6-4-2)30-26-29-34-27-22-21-23-28-34/h21-23,27-28,33H,3-20,24-26,29-32H2,1-2H3. The van der Waals surface area contributed by atoms with E-state index in [0.29, 0.717) is 0 Å². The van der Waals surface area contributed by atoms with Gasteiger partial charge in [0.2, 0.25) is 0 Å². The fraction of sp³-hybridized carbons (Fsp3) is 0.750. The number of rotatable bonds is 26. The molecule has 0 atom stereocenters. The molecule has 0 aliphatic carbocycles. The third-order valence-corrected chi connectivity index (χ3v) is 8.16. The largest absolute Gasteiger partial charge is 0.335 e. The first kappa shape index (κ1) is 32.6. The summed E-state index contributed by atoms with van der Waals surface area (Å²) in [7, 11) is 0. The van der Waals surface area contributed by atoms with E-state index < -0.39 is 0 Å². The molecule has 0 bridgehead atoms. The highest BCUT2D eigenvalue weighted by atomic mass is 15.1. The zero-order valence-corrected chi connectivity index (χ0v) is 25.5.